The number of para-hydroxylation sites is 2. The average Bonchev–Trinajstić information content (AvgIpc) is 3.67. The molecule has 0 aliphatic heterocycles. The normalized spacial score (nSPS) is 11.3. The van der Waals surface area contributed by atoms with E-state index in [2.05, 4.69) is 65.2 Å². The molecule has 51 heavy (non-hydrogen) atoms. The molecule has 0 spiro atoms. The second-order valence-electron chi connectivity index (χ2n) is 12.6. The Morgan fingerprint density at radius 3 is 2.22 bits per heavy atom. The van der Waals surface area contributed by atoms with Crippen LogP contribution < -0.4 is 0 Å². The summed E-state index contributed by atoms with van der Waals surface area (Å²) >= 11 is 0. The highest BCUT2D eigenvalue weighted by atomic mass is 16.9. The lowest BCUT2D eigenvalue weighted by Crippen LogP contribution is -2.07. The summed E-state index contributed by atoms with van der Waals surface area (Å²) in [5, 5.41) is 9.63. The molecule has 256 valence electrons. The Morgan fingerprint density at radius 2 is 1.49 bits per heavy atom. The number of aromatic nitrogens is 4. The molecule has 0 saturated heterocycles. The highest BCUT2D eigenvalue weighted by Gasteiger charge is 2.18. The van der Waals surface area contributed by atoms with Crippen LogP contribution >= 0.6 is 0 Å². The van der Waals surface area contributed by atoms with Crippen LogP contribution in [-0.4, -0.2) is 30.2 Å². The number of nitrogens with zero attached hydrogens (tertiary/aromatic N) is 5. The monoisotopic (exact) mass is 679 g/mol. The quantitative estimate of drug-likeness (QED) is 0.0722. The molecular weight excluding hydrogens is 642 g/mol. The first-order chi connectivity index (χ1) is 24.8. The van der Waals surface area contributed by atoms with E-state index in [-0.39, 0.29) is 13.2 Å². The summed E-state index contributed by atoms with van der Waals surface area (Å²) in [4.78, 5) is 38.2. The SMILES string of the molecule is CCCc1nc2c(C)cc(-c3nc4ccccc4n3C)cc2n1Cc1ccc(-c2ccccc2C(=O)OCc2ccc(CO[N+](=O)[O-])cc2)cc1. The first kappa shape index (κ1) is 33.2. The van der Waals surface area contributed by atoms with Crippen LogP contribution in [0.25, 0.3) is 44.6 Å². The average molecular weight is 680 g/mol. The van der Waals surface area contributed by atoms with Gasteiger partial charge in [-0.2, -0.15) is 0 Å². The van der Waals surface area contributed by atoms with Crippen molar-refractivity contribution in [3.8, 4) is 22.5 Å². The number of rotatable bonds is 12. The van der Waals surface area contributed by atoms with Crippen LogP contribution in [0.4, 0.5) is 0 Å². The number of carbonyl (C=O) groups is 1. The van der Waals surface area contributed by atoms with Gasteiger partial charge in [0.2, 0.25) is 0 Å². The molecule has 0 bridgehead atoms. The van der Waals surface area contributed by atoms with Gasteiger partial charge in [-0.15, -0.1) is 10.1 Å². The smallest absolute Gasteiger partial charge is 0.339 e. The Kier molecular flexibility index (Phi) is 9.30. The molecule has 0 amide bonds. The minimum Gasteiger partial charge on any atom is -0.457 e. The molecule has 5 aromatic carbocycles. The zero-order valence-electron chi connectivity index (χ0n) is 28.7. The maximum Gasteiger partial charge on any atom is 0.339 e. The molecule has 10 heteroatoms. The summed E-state index contributed by atoms with van der Waals surface area (Å²) in [5.74, 6) is 1.54. The van der Waals surface area contributed by atoms with Crippen molar-refractivity contribution in [1.82, 2.24) is 19.1 Å². The molecule has 10 nitrogen and oxygen atoms in total. The van der Waals surface area contributed by atoms with Crippen LogP contribution in [0.1, 0.15) is 51.8 Å². The molecule has 0 atom stereocenters. The van der Waals surface area contributed by atoms with E-state index in [9.17, 15) is 14.9 Å². The van der Waals surface area contributed by atoms with E-state index >= 15 is 0 Å². The van der Waals surface area contributed by atoms with E-state index in [0.717, 1.165) is 79.9 Å². The molecule has 0 N–H and O–H groups in total. The highest BCUT2D eigenvalue weighted by molar-refractivity contribution is 5.97. The molecule has 0 radical (unpaired) electrons. The minimum atomic E-state index is -0.826. The van der Waals surface area contributed by atoms with Gasteiger partial charge in [0.05, 0.1) is 27.6 Å². The third-order valence-corrected chi connectivity index (χ3v) is 9.12. The Balaban J connectivity index is 1.12. The predicted molar refractivity (Wildman–Crippen MR) is 196 cm³/mol. The highest BCUT2D eigenvalue weighted by Crippen LogP contribution is 2.31. The summed E-state index contributed by atoms with van der Waals surface area (Å²) in [6.45, 7) is 4.87. The zero-order chi connectivity index (χ0) is 35.5. The van der Waals surface area contributed by atoms with Gasteiger partial charge >= 0.3 is 5.97 Å². The lowest BCUT2D eigenvalue weighted by Gasteiger charge is -2.13. The molecule has 2 heterocycles. The molecule has 0 unspecified atom stereocenters. The van der Waals surface area contributed by atoms with Crippen molar-refractivity contribution in [3.63, 3.8) is 0 Å². The maximum atomic E-state index is 13.3. The predicted octanol–water partition coefficient (Wildman–Crippen LogP) is 8.63. The Hall–Kier alpha value is -6.29. The number of ether oxygens (including phenoxy) is 1. The molecule has 0 aliphatic rings. The van der Waals surface area contributed by atoms with Gasteiger partial charge in [-0.25, -0.2) is 14.8 Å². The van der Waals surface area contributed by atoms with Crippen LogP contribution in [-0.2, 0) is 42.8 Å². The number of fused-ring (bicyclic) bond motifs is 2. The first-order valence-corrected chi connectivity index (χ1v) is 16.9. The van der Waals surface area contributed by atoms with E-state index in [1.165, 1.54) is 0 Å². The number of esters is 1. The minimum absolute atomic E-state index is 0.0686. The summed E-state index contributed by atoms with van der Waals surface area (Å²) in [6, 6.07) is 35.2. The van der Waals surface area contributed by atoms with Crippen molar-refractivity contribution in [2.24, 2.45) is 7.05 Å². The van der Waals surface area contributed by atoms with Gasteiger partial charge in [0, 0.05) is 25.6 Å². The second kappa shape index (κ2) is 14.3. The van der Waals surface area contributed by atoms with Crippen LogP contribution in [0.15, 0.2) is 109 Å². The third kappa shape index (κ3) is 6.94. The Labute approximate surface area is 295 Å². The van der Waals surface area contributed by atoms with Gasteiger partial charge in [-0.05, 0) is 77.1 Å². The van der Waals surface area contributed by atoms with Crippen molar-refractivity contribution < 1.29 is 19.5 Å². The molecule has 7 rings (SSSR count). The zero-order valence-corrected chi connectivity index (χ0v) is 28.7. The van der Waals surface area contributed by atoms with Crippen molar-refractivity contribution in [1.29, 1.82) is 0 Å². The van der Waals surface area contributed by atoms with E-state index in [1.54, 1.807) is 30.3 Å². The van der Waals surface area contributed by atoms with Crippen molar-refractivity contribution in [2.45, 2.75) is 46.4 Å². The lowest BCUT2D eigenvalue weighted by molar-refractivity contribution is -0.763. The van der Waals surface area contributed by atoms with Crippen LogP contribution in [0.2, 0.25) is 0 Å². The summed E-state index contributed by atoms with van der Waals surface area (Å²) < 4.78 is 10.1. The number of hydrogen-bond donors (Lipinski definition) is 0. The number of hydrogen-bond acceptors (Lipinski definition) is 7. The molecule has 0 saturated carbocycles. The van der Waals surface area contributed by atoms with Gasteiger partial charge < -0.3 is 18.7 Å². The Morgan fingerprint density at radius 1 is 0.804 bits per heavy atom. The van der Waals surface area contributed by atoms with Crippen LogP contribution in [0, 0.1) is 17.0 Å². The number of imidazole rings is 2. The topological polar surface area (TPSA) is 114 Å². The molecule has 0 fully saturated rings. The van der Waals surface area contributed by atoms with Crippen molar-refractivity contribution >= 4 is 28.0 Å². The first-order valence-electron chi connectivity index (χ1n) is 16.9. The van der Waals surface area contributed by atoms with E-state index in [0.29, 0.717) is 17.7 Å². The van der Waals surface area contributed by atoms with Gasteiger partial charge in [0.1, 0.15) is 24.9 Å². The number of benzene rings is 5. The summed E-state index contributed by atoms with van der Waals surface area (Å²) in [5.41, 5.74) is 11.0. The largest absolute Gasteiger partial charge is 0.457 e. The van der Waals surface area contributed by atoms with Crippen molar-refractivity contribution in [3.05, 3.63) is 153 Å². The van der Waals surface area contributed by atoms with Gasteiger partial charge in [-0.3, -0.25) is 0 Å². The molecule has 7 aromatic rings. The fourth-order valence-electron chi connectivity index (χ4n) is 6.54. The molecule has 2 aromatic heterocycles. The van der Waals surface area contributed by atoms with Gasteiger partial charge in [-0.1, -0.05) is 85.8 Å². The van der Waals surface area contributed by atoms with E-state index in [1.807, 2.05) is 48.5 Å². The van der Waals surface area contributed by atoms with E-state index in [4.69, 9.17) is 14.7 Å². The van der Waals surface area contributed by atoms with Crippen LogP contribution in [0.3, 0.4) is 0 Å². The second-order valence-corrected chi connectivity index (χ2v) is 12.6. The van der Waals surface area contributed by atoms with Gasteiger partial charge in [0.15, 0.2) is 0 Å². The third-order valence-electron chi connectivity index (χ3n) is 9.12. The fourth-order valence-corrected chi connectivity index (χ4v) is 6.54. The standard InChI is InChI=1S/C41H37N5O5/c1-4-9-38-43-39-27(2)22-32(40-42-35-12-7-8-13-36(35)44(40)3)23-37(39)45(38)24-28-18-20-31(21-19-28)33-10-5-6-11-34(33)41(47)50-25-29-14-16-30(17-15-29)26-51-46(48)49/h5-8,10-23H,4,9,24-26H2,1-3H3. The lowest BCUT2D eigenvalue weighted by atomic mass is 9.98. The fraction of sp³-hybridized carbons (Fsp3) is 0.195. The number of carbonyl (C=O) groups excluding carboxylic acids is 1. The number of aryl methyl sites for hydroxylation is 3. The Bertz CT molecular complexity index is 2380. The summed E-state index contributed by atoms with van der Waals surface area (Å²) in [7, 11) is 2.06. The summed E-state index contributed by atoms with van der Waals surface area (Å²) in [6.07, 6.45) is 1.85. The van der Waals surface area contributed by atoms with E-state index < -0.39 is 11.1 Å². The molecular formula is C41H37N5O5. The van der Waals surface area contributed by atoms with Crippen molar-refractivity contribution in [2.75, 3.05) is 0 Å². The van der Waals surface area contributed by atoms with Crippen LogP contribution in [0.5, 0.6) is 0 Å². The van der Waals surface area contributed by atoms with Gasteiger partial charge in [0.25, 0.3) is 5.09 Å². The molecule has 0 aliphatic carbocycles. The maximum absolute atomic E-state index is 13.3.